The molecule has 0 aromatic carbocycles. The van der Waals surface area contributed by atoms with Crippen LogP contribution in [0.2, 0.25) is 9.36 Å². The minimum absolute atomic E-state index is 0.0404. The summed E-state index contributed by atoms with van der Waals surface area (Å²) in [5, 5.41) is 2.18. The van der Waals surface area contributed by atoms with Crippen LogP contribution in [-0.4, -0.2) is 12.6 Å². The Morgan fingerprint density at radius 3 is 2.93 bits per heavy atom. The third-order valence-electron chi connectivity index (χ3n) is 1.41. The third-order valence-corrected chi connectivity index (χ3v) is 3.27. The second-order valence-electron chi connectivity index (χ2n) is 2.42. The first-order valence-electron chi connectivity index (χ1n) is 3.86. The van der Waals surface area contributed by atoms with Crippen LogP contribution in [0.4, 0.5) is 0 Å². The number of thiophene rings is 1. The van der Waals surface area contributed by atoms with Crippen molar-refractivity contribution < 1.29 is 9.53 Å². The van der Waals surface area contributed by atoms with E-state index in [2.05, 4.69) is 10.7 Å². The molecule has 2 nitrogen and oxygen atoms in total. The minimum atomic E-state index is -0.508. The quantitative estimate of drug-likeness (QED) is 0.474. The molecule has 0 atom stereocenters. The number of hydrogen-bond donors (Lipinski definition) is 0. The Morgan fingerprint density at radius 2 is 2.40 bits per heavy atom. The number of carbonyl (C=O) groups is 1. The zero-order valence-corrected chi connectivity index (χ0v) is 9.83. The first kappa shape index (κ1) is 12.1. The molecule has 78 valence electrons. The van der Waals surface area contributed by atoms with Crippen LogP contribution in [0.1, 0.15) is 5.56 Å². The van der Waals surface area contributed by atoms with Crippen LogP contribution >= 0.6 is 34.5 Å². The summed E-state index contributed by atoms with van der Waals surface area (Å²) in [7, 11) is 0. The largest absolute Gasteiger partial charge is 0.449 e. The Balaban J connectivity index is 2.62. The van der Waals surface area contributed by atoms with Gasteiger partial charge in [0.1, 0.15) is 4.34 Å². The van der Waals surface area contributed by atoms with Crippen molar-refractivity contribution in [3.8, 4) is 12.3 Å². The second-order valence-corrected chi connectivity index (χ2v) is 4.28. The zero-order chi connectivity index (χ0) is 11.3. The van der Waals surface area contributed by atoms with Crippen molar-refractivity contribution in [1.29, 1.82) is 0 Å². The molecule has 1 aromatic heterocycles. The van der Waals surface area contributed by atoms with Gasteiger partial charge in [-0.05, 0) is 6.08 Å². The van der Waals surface area contributed by atoms with Gasteiger partial charge in [-0.15, -0.1) is 17.8 Å². The lowest BCUT2D eigenvalue weighted by atomic mass is 10.3. The summed E-state index contributed by atoms with van der Waals surface area (Å²) in [6.45, 7) is -0.0404. The standard InChI is InChI=1S/C10H6Cl2O2S/c1-2-5-14-8(13)4-3-7-6-15-10(12)9(7)11/h1,3-4,6H,5H2. The summed E-state index contributed by atoms with van der Waals surface area (Å²) in [6, 6.07) is 0. The topological polar surface area (TPSA) is 26.3 Å². The Kier molecular flexibility index (Phi) is 4.70. The molecule has 0 amide bonds. The van der Waals surface area contributed by atoms with Crippen LogP contribution in [0.15, 0.2) is 11.5 Å². The first-order valence-corrected chi connectivity index (χ1v) is 5.49. The minimum Gasteiger partial charge on any atom is -0.449 e. The summed E-state index contributed by atoms with van der Waals surface area (Å²) < 4.78 is 5.12. The average molecular weight is 261 g/mol. The summed E-state index contributed by atoms with van der Waals surface area (Å²) in [5.41, 5.74) is 0.685. The van der Waals surface area contributed by atoms with Gasteiger partial charge in [0.05, 0.1) is 5.02 Å². The number of carbonyl (C=O) groups excluding carboxylic acids is 1. The molecule has 1 aromatic rings. The molecular weight excluding hydrogens is 255 g/mol. The molecule has 0 saturated heterocycles. The molecule has 0 unspecified atom stereocenters. The Bertz CT molecular complexity index is 429. The van der Waals surface area contributed by atoms with Crippen LogP contribution < -0.4 is 0 Å². The van der Waals surface area contributed by atoms with E-state index in [1.807, 2.05) is 0 Å². The number of rotatable bonds is 3. The molecule has 0 fully saturated rings. The van der Waals surface area contributed by atoms with Crippen molar-refractivity contribution in [3.63, 3.8) is 0 Å². The summed E-state index contributed by atoms with van der Waals surface area (Å²) in [4.78, 5) is 11.0. The summed E-state index contributed by atoms with van der Waals surface area (Å²) >= 11 is 12.9. The predicted molar refractivity (Wildman–Crippen MR) is 63.2 cm³/mol. The van der Waals surface area contributed by atoms with E-state index < -0.39 is 5.97 Å². The molecule has 5 heteroatoms. The predicted octanol–water partition coefficient (Wildman–Crippen LogP) is 3.24. The van der Waals surface area contributed by atoms with Gasteiger partial charge in [-0.3, -0.25) is 0 Å². The summed E-state index contributed by atoms with van der Waals surface area (Å²) in [5.74, 6) is 1.68. The highest BCUT2D eigenvalue weighted by atomic mass is 35.5. The molecule has 0 aliphatic rings. The lowest BCUT2D eigenvalue weighted by Gasteiger charge is -1.93. The van der Waals surface area contributed by atoms with Crippen molar-refractivity contribution in [2.24, 2.45) is 0 Å². The van der Waals surface area contributed by atoms with E-state index in [0.717, 1.165) is 0 Å². The lowest BCUT2D eigenvalue weighted by Crippen LogP contribution is -1.99. The monoisotopic (exact) mass is 260 g/mol. The van der Waals surface area contributed by atoms with E-state index in [1.165, 1.54) is 23.5 Å². The molecule has 0 bridgehead atoms. The maximum atomic E-state index is 11.0. The number of esters is 1. The average Bonchev–Trinajstić information content (AvgIpc) is 2.54. The number of halogens is 2. The van der Waals surface area contributed by atoms with Gasteiger partial charge in [0, 0.05) is 17.0 Å². The first-order chi connectivity index (χ1) is 7.15. The van der Waals surface area contributed by atoms with Crippen molar-refractivity contribution in [2.45, 2.75) is 0 Å². The maximum Gasteiger partial charge on any atom is 0.331 e. The summed E-state index contributed by atoms with van der Waals surface area (Å²) in [6.07, 6.45) is 7.71. The Hall–Kier alpha value is -0.950. The second kappa shape index (κ2) is 5.82. The van der Waals surface area contributed by atoms with Gasteiger partial charge in [0.15, 0.2) is 6.61 Å². The molecule has 0 saturated carbocycles. The third kappa shape index (κ3) is 3.60. The van der Waals surface area contributed by atoms with Crippen LogP contribution in [0.3, 0.4) is 0 Å². The Morgan fingerprint density at radius 1 is 1.67 bits per heavy atom. The van der Waals surface area contributed by atoms with Crippen molar-refractivity contribution in [3.05, 3.63) is 26.4 Å². The van der Waals surface area contributed by atoms with Crippen molar-refractivity contribution >= 4 is 46.6 Å². The fraction of sp³-hybridized carbons (Fsp3) is 0.100. The molecule has 0 N–H and O–H groups in total. The number of ether oxygens (including phenoxy) is 1. The molecule has 0 radical (unpaired) electrons. The highest BCUT2D eigenvalue weighted by Crippen LogP contribution is 2.32. The molecule has 0 spiro atoms. The van der Waals surface area contributed by atoms with Gasteiger partial charge in [0.25, 0.3) is 0 Å². The van der Waals surface area contributed by atoms with Crippen LogP contribution in [0.5, 0.6) is 0 Å². The van der Waals surface area contributed by atoms with E-state index in [-0.39, 0.29) is 6.61 Å². The van der Waals surface area contributed by atoms with Gasteiger partial charge in [-0.2, -0.15) is 0 Å². The van der Waals surface area contributed by atoms with Gasteiger partial charge >= 0.3 is 5.97 Å². The van der Waals surface area contributed by atoms with Gasteiger partial charge < -0.3 is 4.74 Å². The Labute approximate surface area is 101 Å². The lowest BCUT2D eigenvalue weighted by molar-refractivity contribution is -0.136. The van der Waals surface area contributed by atoms with Crippen LogP contribution in [0, 0.1) is 12.3 Å². The molecule has 1 heterocycles. The SMILES string of the molecule is C#CCOC(=O)C=Cc1csc(Cl)c1Cl. The van der Waals surface area contributed by atoms with Gasteiger partial charge in [0.2, 0.25) is 0 Å². The van der Waals surface area contributed by atoms with Crippen molar-refractivity contribution in [2.75, 3.05) is 6.61 Å². The molecular formula is C10H6Cl2O2S. The highest BCUT2D eigenvalue weighted by molar-refractivity contribution is 7.15. The fourth-order valence-corrected chi connectivity index (χ4v) is 1.97. The van der Waals surface area contributed by atoms with Gasteiger partial charge in [-0.25, -0.2) is 4.79 Å². The van der Waals surface area contributed by atoms with E-state index in [1.54, 1.807) is 5.38 Å². The zero-order valence-electron chi connectivity index (χ0n) is 7.50. The maximum absolute atomic E-state index is 11.0. The smallest absolute Gasteiger partial charge is 0.331 e. The molecule has 1 rings (SSSR count). The fourth-order valence-electron chi connectivity index (χ4n) is 0.763. The van der Waals surface area contributed by atoms with Gasteiger partial charge in [-0.1, -0.05) is 29.1 Å². The highest BCUT2D eigenvalue weighted by Gasteiger charge is 2.05. The molecule has 15 heavy (non-hydrogen) atoms. The number of terminal acetylenes is 1. The van der Waals surface area contributed by atoms with Crippen molar-refractivity contribution in [1.82, 2.24) is 0 Å². The van der Waals surface area contributed by atoms with E-state index in [9.17, 15) is 4.79 Å². The van der Waals surface area contributed by atoms with E-state index >= 15 is 0 Å². The molecule has 0 aliphatic heterocycles. The molecule has 0 aliphatic carbocycles. The normalized spacial score (nSPS) is 10.2. The van der Waals surface area contributed by atoms with Crippen LogP contribution in [0.25, 0.3) is 6.08 Å². The van der Waals surface area contributed by atoms with E-state index in [0.29, 0.717) is 14.9 Å². The van der Waals surface area contributed by atoms with E-state index in [4.69, 9.17) is 29.6 Å². The van der Waals surface area contributed by atoms with Crippen LogP contribution in [-0.2, 0) is 9.53 Å². The number of hydrogen-bond acceptors (Lipinski definition) is 3.